The number of hydrogen-bond donors (Lipinski definition) is 1. The van der Waals surface area contributed by atoms with Crippen molar-refractivity contribution in [3.05, 3.63) is 52.3 Å². The van der Waals surface area contributed by atoms with E-state index in [1.165, 1.54) is 0 Å². The van der Waals surface area contributed by atoms with Gasteiger partial charge in [0.2, 0.25) is 5.91 Å². The topological polar surface area (TPSA) is 52.2 Å². The van der Waals surface area contributed by atoms with Crippen molar-refractivity contribution < 1.29 is 13.6 Å². The van der Waals surface area contributed by atoms with Gasteiger partial charge >= 0.3 is 0 Å². The number of benzene rings is 1. The van der Waals surface area contributed by atoms with E-state index in [9.17, 15) is 13.6 Å². The second kappa shape index (κ2) is 8.46. The quantitative estimate of drug-likeness (QED) is 0.808. The van der Waals surface area contributed by atoms with Gasteiger partial charge in [0.05, 0.1) is 5.69 Å². The molecular formula is C23H30F2N4O. The van der Waals surface area contributed by atoms with Crippen LogP contribution in [0.2, 0.25) is 0 Å². The van der Waals surface area contributed by atoms with Crippen molar-refractivity contribution in [2.75, 3.05) is 26.2 Å². The molecule has 0 saturated carbocycles. The number of piperidine rings is 1. The molecule has 30 heavy (non-hydrogen) atoms. The Morgan fingerprint density at radius 3 is 2.80 bits per heavy atom. The third kappa shape index (κ3) is 4.26. The average molecular weight is 417 g/mol. The Morgan fingerprint density at radius 2 is 2.03 bits per heavy atom. The monoisotopic (exact) mass is 416 g/mol. The number of amides is 1. The van der Waals surface area contributed by atoms with Crippen LogP contribution in [-0.4, -0.2) is 52.1 Å². The zero-order valence-corrected chi connectivity index (χ0v) is 17.8. The van der Waals surface area contributed by atoms with E-state index in [1.807, 2.05) is 18.7 Å². The molecule has 162 valence electrons. The summed E-state index contributed by atoms with van der Waals surface area (Å²) in [6.07, 6.45) is 4.20. The molecule has 1 aromatic carbocycles. The fourth-order valence-electron chi connectivity index (χ4n) is 5.00. The van der Waals surface area contributed by atoms with Crippen LogP contribution in [0.3, 0.4) is 0 Å². The summed E-state index contributed by atoms with van der Waals surface area (Å²) in [6, 6.07) is 4.37. The fourth-order valence-corrected chi connectivity index (χ4v) is 5.00. The van der Waals surface area contributed by atoms with Gasteiger partial charge in [-0.1, -0.05) is 12.1 Å². The van der Waals surface area contributed by atoms with E-state index in [0.717, 1.165) is 68.5 Å². The Bertz CT molecular complexity index is 928. The number of carbonyl (C=O) groups excluding carboxylic acids is 1. The average Bonchev–Trinajstić information content (AvgIpc) is 3.28. The zero-order valence-electron chi connectivity index (χ0n) is 17.8. The van der Waals surface area contributed by atoms with Crippen LogP contribution < -0.4 is 0 Å². The molecule has 1 N–H and O–H groups in total. The number of nitrogens with zero attached hydrogens (tertiary/aromatic N) is 3. The van der Waals surface area contributed by atoms with Crippen LogP contribution in [0.5, 0.6) is 0 Å². The van der Waals surface area contributed by atoms with E-state index in [4.69, 9.17) is 0 Å². The molecule has 3 heterocycles. The van der Waals surface area contributed by atoms with Gasteiger partial charge in [-0.3, -0.25) is 14.8 Å². The molecule has 0 aliphatic carbocycles. The minimum absolute atomic E-state index is 0.0660. The van der Waals surface area contributed by atoms with Crippen LogP contribution in [0, 0.1) is 30.9 Å². The maximum Gasteiger partial charge on any atom is 0.222 e. The van der Waals surface area contributed by atoms with Crippen LogP contribution >= 0.6 is 0 Å². The lowest BCUT2D eigenvalue weighted by Gasteiger charge is -2.40. The lowest BCUT2D eigenvalue weighted by molar-refractivity contribution is -0.130. The van der Waals surface area contributed by atoms with Crippen LogP contribution in [0.15, 0.2) is 18.2 Å². The third-order valence-electron chi connectivity index (χ3n) is 6.89. The predicted molar refractivity (Wildman–Crippen MR) is 111 cm³/mol. The number of nitrogens with one attached hydrogen (secondary N) is 1. The minimum atomic E-state index is -0.792. The highest BCUT2D eigenvalue weighted by atomic mass is 19.2. The molecule has 7 heteroatoms. The summed E-state index contributed by atoms with van der Waals surface area (Å²) in [7, 11) is 0. The lowest BCUT2D eigenvalue weighted by Crippen LogP contribution is -2.45. The zero-order chi connectivity index (χ0) is 21.3. The molecule has 2 aliphatic rings. The van der Waals surface area contributed by atoms with Crippen molar-refractivity contribution in [3.8, 4) is 0 Å². The van der Waals surface area contributed by atoms with Gasteiger partial charge in [-0.05, 0) is 51.3 Å². The lowest BCUT2D eigenvalue weighted by atomic mass is 9.79. The highest BCUT2D eigenvalue weighted by Crippen LogP contribution is 2.39. The number of hydrogen-bond acceptors (Lipinski definition) is 3. The second-order valence-electron chi connectivity index (χ2n) is 9.01. The van der Waals surface area contributed by atoms with Crippen molar-refractivity contribution in [1.29, 1.82) is 0 Å². The molecule has 4 rings (SSSR count). The first-order chi connectivity index (χ1) is 14.4. The maximum atomic E-state index is 14.1. The summed E-state index contributed by atoms with van der Waals surface area (Å²) >= 11 is 0. The third-order valence-corrected chi connectivity index (χ3v) is 6.89. The van der Waals surface area contributed by atoms with Gasteiger partial charge in [-0.25, -0.2) is 8.78 Å². The van der Waals surface area contributed by atoms with Crippen molar-refractivity contribution in [2.45, 2.75) is 52.5 Å². The van der Waals surface area contributed by atoms with Crippen LogP contribution in [0.25, 0.3) is 0 Å². The summed E-state index contributed by atoms with van der Waals surface area (Å²) in [5, 5.41) is 7.28. The van der Waals surface area contributed by atoms with Crippen molar-refractivity contribution in [1.82, 2.24) is 20.0 Å². The van der Waals surface area contributed by atoms with Gasteiger partial charge in [0.1, 0.15) is 0 Å². The molecule has 1 unspecified atom stereocenters. The second-order valence-corrected chi connectivity index (χ2v) is 9.01. The number of rotatable bonds is 5. The standard InChI is InChI=1S/C23H30F2N4O/c1-16-17(2)26-27-20(16)7-8-21(30)29-12-10-23(15-29)9-4-11-28(14-23)13-18-5-3-6-19(24)22(18)25/h3,5-6H,4,7-15H2,1-2H3,(H,26,27). The number of likely N-dealkylation sites (tertiary alicyclic amines) is 2. The highest BCUT2D eigenvalue weighted by Gasteiger charge is 2.42. The molecule has 1 atom stereocenters. The number of aromatic amines is 1. The molecule has 2 saturated heterocycles. The maximum absolute atomic E-state index is 14.1. The SMILES string of the molecule is Cc1[nH]nc(CCC(=O)N2CCC3(CCCN(Cc4cccc(F)c4F)C3)C2)c1C. The van der Waals surface area contributed by atoms with Gasteiger partial charge in [0, 0.05) is 55.7 Å². The molecule has 2 aromatic rings. The summed E-state index contributed by atoms with van der Waals surface area (Å²) < 4.78 is 27.6. The Labute approximate surface area is 176 Å². The molecular weight excluding hydrogens is 386 g/mol. The van der Waals surface area contributed by atoms with Crippen molar-refractivity contribution in [3.63, 3.8) is 0 Å². The molecule has 2 aliphatic heterocycles. The van der Waals surface area contributed by atoms with E-state index in [-0.39, 0.29) is 11.3 Å². The number of H-pyrrole nitrogens is 1. The Hall–Kier alpha value is -2.28. The number of aryl methyl sites for hydroxylation is 2. The smallest absolute Gasteiger partial charge is 0.222 e. The van der Waals surface area contributed by atoms with Gasteiger partial charge in [0.25, 0.3) is 0 Å². The van der Waals surface area contributed by atoms with E-state index < -0.39 is 11.6 Å². The minimum Gasteiger partial charge on any atom is -0.342 e. The van der Waals surface area contributed by atoms with Crippen LogP contribution in [0.4, 0.5) is 8.78 Å². The Kier molecular flexibility index (Phi) is 5.91. The first-order valence-corrected chi connectivity index (χ1v) is 10.8. The molecule has 1 aromatic heterocycles. The first kappa shape index (κ1) is 21.0. The summed E-state index contributed by atoms with van der Waals surface area (Å²) in [5.41, 5.74) is 3.62. The molecule has 0 radical (unpaired) electrons. The van der Waals surface area contributed by atoms with E-state index in [0.29, 0.717) is 24.9 Å². The van der Waals surface area contributed by atoms with E-state index >= 15 is 0 Å². The largest absolute Gasteiger partial charge is 0.342 e. The molecule has 1 amide bonds. The Balaban J connectivity index is 1.34. The van der Waals surface area contributed by atoms with Crippen molar-refractivity contribution in [2.24, 2.45) is 5.41 Å². The van der Waals surface area contributed by atoms with Crippen molar-refractivity contribution >= 4 is 5.91 Å². The fraction of sp³-hybridized carbons (Fsp3) is 0.565. The normalized spacial score (nSPS) is 22.2. The predicted octanol–water partition coefficient (Wildman–Crippen LogP) is 3.75. The van der Waals surface area contributed by atoms with Crippen LogP contribution in [0.1, 0.15) is 48.2 Å². The summed E-state index contributed by atoms with van der Waals surface area (Å²) in [6.45, 7) is 7.67. The number of aromatic nitrogens is 2. The van der Waals surface area contributed by atoms with E-state index in [2.05, 4.69) is 15.1 Å². The van der Waals surface area contributed by atoms with Gasteiger partial charge < -0.3 is 4.90 Å². The van der Waals surface area contributed by atoms with E-state index in [1.54, 1.807) is 12.1 Å². The summed E-state index contributed by atoms with van der Waals surface area (Å²) in [5.74, 6) is -1.36. The number of carbonyl (C=O) groups is 1. The highest BCUT2D eigenvalue weighted by molar-refractivity contribution is 5.76. The summed E-state index contributed by atoms with van der Waals surface area (Å²) in [4.78, 5) is 17.0. The van der Waals surface area contributed by atoms with Gasteiger partial charge in [-0.15, -0.1) is 0 Å². The Morgan fingerprint density at radius 1 is 1.20 bits per heavy atom. The molecule has 0 bridgehead atoms. The molecule has 5 nitrogen and oxygen atoms in total. The van der Waals surface area contributed by atoms with Gasteiger partial charge in [-0.2, -0.15) is 5.10 Å². The first-order valence-electron chi connectivity index (χ1n) is 10.8. The molecule has 2 fully saturated rings. The number of halogens is 2. The molecule has 1 spiro atoms. The van der Waals surface area contributed by atoms with Crippen LogP contribution in [-0.2, 0) is 17.8 Å². The van der Waals surface area contributed by atoms with Gasteiger partial charge in [0.15, 0.2) is 11.6 Å².